The van der Waals surface area contributed by atoms with Crippen LogP contribution in [0.25, 0.3) is 0 Å². The average molecular weight is 148 g/mol. The van der Waals surface area contributed by atoms with E-state index in [-0.39, 0.29) is 12.6 Å². The largest absolute Gasteiger partial charge is 0.394 e. The normalized spacial score (nSPS) is 16.8. The fraction of sp³-hybridized carbons (Fsp3) is 1.00. The first kappa shape index (κ1) is 9.84. The lowest BCUT2D eigenvalue weighted by atomic mass is 10.2. The van der Waals surface area contributed by atoms with Crippen LogP contribution in [0.2, 0.25) is 0 Å². The lowest BCUT2D eigenvalue weighted by Gasteiger charge is -2.19. The smallest absolute Gasteiger partial charge is 0.0935 e. The topological polar surface area (TPSA) is 64.5 Å². The van der Waals surface area contributed by atoms with E-state index in [4.69, 9.17) is 10.2 Å². The van der Waals surface area contributed by atoms with Crippen molar-refractivity contribution in [2.24, 2.45) is 0 Å². The van der Waals surface area contributed by atoms with E-state index in [2.05, 4.69) is 10.6 Å². The predicted molar refractivity (Wildman–Crippen MR) is 39.9 cm³/mol. The van der Waals surface area contributed by atoms with Crippen molar-refractivity contribution in [3.63, 3.8) is 0 Å². The Morgan fingerprint density at radius 1 is 1.40 bits per heavy atom. The van der Waals surface area contributed by atoms with Crippen LogP contribution < -0.4 is 10.6 Å². The zero-order chi connectivity index (χ0) is 7.98. The summed E-state index contributed by atoms with van der Waals surface area (Å²) in [6, 6.07) is -0.0741. The molecule has 0 heterocycles. The maximum atomic E-state index is 9.10. The third-order valence-corrected chi connectivity index (χ3v) is 1.45. The summed E-state index contributed by atoms with van der Waals surface area (Å²) in [5.41, 5.74) is 0. The Hall–Kier alpha value is -0.160. The van der Waals surface area contributed by atoms with Gasteiger partial charge in [0.15, 0.2) is 0 Å². The van der Waals surface area contributed by atoms with Crippen LogP contribution in [-0.2, 0) is 0 Å². The maximum Gasteiger partial charge on any atom is 0.0935 e. The fourth-order valence-corrected chi connectivity index (χ4v) is 0.778. The monoisotopic (exact) mass is 148 g/mol. The summed E-state index contributed by atoms with van der Waals surface area (Å²) in [6.07, 6.45) is -0.683. The second kappa shape index (κ2) is 5.61. The Labute approximate surface area is 61.3 Å². The minimum Gasteiger partial charge on any atom is -0.394 e. The minimum absolute atomic E-state index is 0.0741. The summed E-state index contributed by atoms with van der Waals surface area (Å²) in [7, 11) is 3.55. The average Bonchev–Trinajstić information content (AvgIpc) is 1.99. The zero-order valence-electron chi connectivity index (χ0n) is 6.46. The van der Waals surface area contributed by atoms with Gasteiger partial charge in [0.25, 0.3) is 0 Å². The van der Waals surface area contributed by atoms with Crippen molar-refractivity contribution in [1.82, 2.24) is 10.6 Å². The van der Waals surface area contributed by atoms with Gasteiger partial charge < -0.3 is 20.8 Å². The third-order valence-electron chi connectivity index (χ3n) is 1.45. The van der Waals surface area contributed by atoms with Crippen LogP contribution in [-0.4, -0.2) is 49.6 Å². The minimum atomic E-state index is -0.683. The van der Waals surface area contributed by atoms with Gasteiger partial charge in [-0.2, -0.15) is 0 Å². The van der Waals surface area contributed by atoms with Crippen molar-refractivity contribution < 1.29 is 10.2 Å². The van der Waals surface area contributed by atoms with Crippen molar-refractivity contribution in [2.45, 2.75) is 12.1 Å². The van der Waals surface area contributed by atoms with Crippen molar-refractivity contribution in [2.75, 3.05) is 27.2 Å². The predicted octanol–water partition coefficient (Wildman–Crippen LogP) is -1.85. The van der Waals surface area contributed by atoms with Gasteiger partial charge in [0.1, 0.15) is 0 Å². The number of hydrogen-bond acceptors (Lipinski definition) is 4. The van der Waals surface area contributed by atoms with Crippen molar-refractivity contribution in [3.8, 4) is 0 Å². The molecule has 0 aliphatic carbocycles. The summed E-state index contributed by atoms with van der Waals surface area (Å²) >= 11 is 0. The fourth-order valence-electron chi connectivity index (χ4n) is 0.778. The summed E-state index contributed by atoms with van der Waals surface area (Å²) in [6.45, 7) is 0.450. The van der Waals surface area contributed by atoms with E-state index < -0.39 is 6.10 Å². The molecule has 0 spiro atoms. The zero-order valence-corrected chi connectivity index (χ0v) is 6.46. The van der Waals surface area contributed by atoms with Gasteiger partial charge in [-0.1, -0.05) is 0 Å². The van der Waals surface area contributed by atoms with E-state index >= 15 is 0 Å². The van der Waals surface area contributed by atoms with Gasteiger partial charge in [-0.05, 0) is 14.1 Å². The van der Waals surface area contributed by atoms with Crippen LogP contribution >= 0.6 is 0 Å². The molecule has 2 atom stereocenters. The second-order valence-electron chi connectivity index (χ2n) is 2.20. The molecule has 0 aliphatic rings. The standard InChI is InChI=1S/C6H16N2O2/c1-7-3-5(8-2)6(10)4-9/h5-10H,3-4H2,1-2H3. The molecule has 0 aromatic carbocycles. The van der Waals surface area contributed by atoms with Gasteiger partial charge in [-0.3, -0.25) is 0 Å². The molecule has 0 aliphatic heterocycles. The molecule has 0 saturated heterocycles. The molecule has 10 heavy (non-hydrogen) atoms. The summed E-state index contributed by atoms with van der Waals surface area (Å²) in [4.78, 5) is 0. The van der Waals surface area contributed by atoms with E-state index in [9.17, 15) is 0 Å². The van der Waals surface area contributed by atoms with Crippen LogP contribution in [0.3, 0.4) is 0 Å². The molecule has 2 unspecified atom stereocenters. The number of aliphatic hydroxyl groups is 2. The van der Waals surface area contributed by atoms with Gasteiger partial charge in [0.05, 0.1) is 12.7 Å². The Kier molecular flexibility index (Phi) is 5.52. The number of rotatable bonds is 5. The molecule has 0 saturated carbocycles. The molecule has 0 radical (unpaired) electrons. The van der Waals surface area contributed by atoms with Gasteiger partial charge in [0.2, 0.25) is 0 Å². The molecule has 0 amide bonds. The van der Waals surface area contributed by atoms with E-state index in [1.165, 1.54) is 0 Å². The summed E-state index contributed by atoms with van der Waals surface area (Å²) in [5, 5.41) is 23.4. The Morgan fingerprint density at radius 2 is 2.00 bits per heavy atom. The molecule has 0 aromatic heterocycles. The highest BCUT2D eigenvalue weighted by Crippen LogP contribution is 1.89. The molecule has 4 nitrogen and oxygen atoms in total. The van der Waals surface area contributed by atoms with Crippen LogP contribution in [0.5, 0.6) is 0 Å². The van der Waals surface area contributed by atoms with Crippen molar-refractivity contribution in [3.05, 3.63) is 0 Å². The quantitative estimate of drug-likeness (QED) is 0.369. The SMILES string of the molecule is CNCC(NC)C(O)CO. The van der Waals surface area contributed by atoms with Gasteiger partial charge >= 0.3 is 0 Å². The first-order valence-corrected chi connectivity index (χ1v) is 3.37. The lowest BCUT2D eigenvalue weighted by molar-refractivity contribution is 0.0655. The Bertz CT molecular complexity index is 80.1. The third kappa shape index (κ3) is 3.12. The number of likely N-dealkylation sites (N-methyl/N-ethyl adjacent to an activating group) is 2. The van der Waals surface area contributed by atoms with Crippen molar-refractivity contribution >= 4 is 0 Å². The van der Waals surface area contributed by atoms with Gasteiger partial charge in [0, 0.05) is 12.6 Å². The van der Waals surface area contributed by atoms with Crippen molar-refractivity contribution in [1.29, 1.82) is 0 Å². The van der Waals surface area contributed by atoms with E-state index in [0.29, 0.717) is 6.54 Å². The second-order valence-corrected chi connectivity index (χ2v) is 2.20. The molecule has 62 valence electrons. The van der Waals surface area contributed by atoms with Crippen LogP contribution in [0.1, 0.15) is 0 Å². The van der Waals surface area contributed by atoms with E-state index in [1.807, 2.05) is 0 Å². The van der Waals surface area contributed by atoms with E-state index in [1.54, 1.807) is 14.1 Å². The highest BCUT2D eigenvalue weighted by atomic mass is 16.3. The number of nitrogens with one attached hydrogen (secondary N) is 2. The maximum absolute atomic E-state index is 9.10. The molecule has 0 fully saturated rings. The van der Waals surface area contributed by atoms with Crippen LogP contribution in [0, 0.1) is 0 Å². The molecule has 4 N–H and O–H groups in total. The summed E-state index contributed by atoms with van der Waals surface area (Å²) < 4.78 is 0. The molecule has 0 rings (SSSR count). The summed E-state index contributed by atoms with van der Waals surface area (Å²) in [5.74, 6) is 0. The molecule has 0 bridgehead atoms. The first-order valence-electron chi connectivity index (χ1n) is 3.37. The molecular formula is C6H16N2O2. The molecule has 0 aromatic rings. The Balaban J connectivity index is 3.56. The number of hydrogen-bond donors (Lipinski definition) is 4. The van der Waals surface area contributed by atoms with Gasteiger partial charge in [-0.15, -0.1) is 0 Å². The first-order chi connectivity index (χ1) is 4.76. The van der Waals surface area contributed by atoms with Crippen LogP contribution in [0.15, 0.2) is 0 Å². The van der Waals surface area contributed by atoms with E-state index in [0.717, 1.165) is 0 Å². The Morgan fingerprint density at radius 3 is 2.30 bits per heavy atom. The lowest BCUT2D eigenvalue weighted by Crippen LogP contribution is -2.46. The molecular weight excluding hydrogens is 132 g/mol. The van der Waals surface area contributed by atoms with Crippen LogP contribution in [0.4, 0.5) is 0 Å². The van der Waals surface area contributed by atoms with Gasteiger partial charge in [-0.25, -0.2) is 0 Å². The number of aliphatic hydroxyl groups excluding tert-OH is 2. The highest BCUT2D eigenvalue weighted by Gasteiger charge is 2.14. The highest BCUT2D eigenvalue weighted by molar-refractivity contribution is 4.74. The molecule has 4 heteroatoms.